The zero-order valence-corrected chi connectivity index (χ0v) is 19.0. The molecule has 2 aliphatic rings. The molecule has 2 aliphatic carbocycles. The van der Waals surface area contributed by atoms with Crippen molar-refractivity contribution in [1.82, 2.24) is 0 Å². The number of methoxy groups -OCH3 is 1. The van der Waals surface area contributed by atoms with Crippen LogP contribution in [0.2, 0.25) is 0 Å². The van der Waals surface area contributed by atoms with Crippen molar-refractivity contribution in [1.29, 1.82) is 0 Å². The predicted molar refractivity (Wildman–Crippen MR) is 111 cm³/mol. The Morgan fingerprint density at radius 2 is 1.27 bits per heavy atom. The molecule has 7 heteroatoms. The van der Waals surface area contributed by atoms with E-state index in [0.29, 0.717) is 24.4 Å². The fourth-order valence-corrected chi connectivity index (χ4v) is 3.86. The Labute approximate surface area is 193 Å². The van der Waals surface area contributed by atoms with Gasteiger partial charge in [0.05, 0.1) is 25.7 Å². The number of hydrogen-bond acceptors (Lipinski definition) is 4. The maximum atomic E-state index is 11.9. The molecule has 0 N–H and O–H groups in total. The van der Waals surface area contributed by atoms with Crippen LogP contribution in [0.15, 0.2) is 12.1 Å². The maximum absolute atomic E-state index is 11.9. The smallest absolute Gasteiger partial charge is 0.465 e. The first-order chi connectivity index (χ1) is 12.0. The summed E-state index contributed by atoms with van der Waals surface area (Å²) in [4.78, 5) is 23.4. The summed E-state index contributed by atoms with van der Waals surface area (Å²) in [6.07, 6.45) is 16.9. The summed E-state index contributed by atoms with van der Waals surface area (Å²) in [7, 11) is 1.32. The molecule has 0 saturated heterocycles. The topological polar surface area (TPSA) is 52.6 Å². The number of halogens is 2. The van der Waals surface area contributed by atoms with Gasteiger partial charge in [0, 0.05) is 0 Å². The van der Waals surface area contributed by atoms with Crippen LogP contribution in [0.5, 0.6) is 5.75 Å². The van der Waals surface area contributed by atoms with Gasteiger partial charge in [-0.05, 0) is 115 Å². The Morgan fingerprint density at radius 3 is 1.69 bits per heavy atom. The van der Waals surface area contributed by atoms with Gasteiger partial charge in [-0.25, -0.2) is 4.79 Å². The van der Waals surface area contributed by atoms with Crippen LogP contribution in [0, 0.1) is 70.8 Å². The van der Waals surface area contributed by atoms with Crippen LogP contribution in [-0.2, 0) is 26.6 Å². The van der Waals surface area contributed by atoms with Crippen LogP contribution in [-0.4, -0.2) is 19.0 Å². The predicted octanol–water partition coefficient (Wildman–Crippen LogP) is 4.01. The van der Waals surface area contributed by atoms with Gasteiger partial charge in [-0.1, -0.05) is 0 Å². The molecular weight excluding hydrogens is 602 g/mol. The Bertz CT molecular complexity index is 581. The summed E-state index contributed by atoms with van der Waals surface area (Å²) in [5, 5.41) is 0. The van der Waals surface area contributed by atoms with E-state index in [0.717, 1.165) is 0 Å². The summed E-state index contributed by atoms with van der Waals surface area (Å²) in [5.41, 5.74) is 0.425. The zero-order chi connectivity index (χ0) is 18.2. The molecule has 26 heavy (non-hydrogen) atoms. The fourth-order valence-electron chi connectivity index (χ4n) is 1.88. The van der Waals surface area contributed by atoms with E-state index < -0.39 is 11.9 Å². The van der Waals surface area contributed by atoms with Crippen molar-refractivity contribution in [2.45, 2.75) is 0 Å². The van der Waals surface area contributed by atoms with Crippen LogP contribution in [0.4, 0.5) is 0 Å². The van der Waals surface area contributed by atoms with Crippen molar-refractivity contribution in [3.05, 3.63) is 88.5 Å². The Morgan fingerprint density at radius 1 is 0.808 bits per heavy atom. The molecule has 0 spiro atoms. The Kier molecular flexibility index (Phi) is 11.7. The van der Waals surface area contributed by atoms with Gasteiger partial charge in [-0.3, -0.25) is 4.79 Å². The van der Waals surface area contributed by atoms with E-state index in [4.69, 9.17) is 4.74 Å². The van der Waals surface area contributed by atoms with Gasteiger partial charge < -0.3 is 9.47 Å². The van der Waals surface area contributed by atoms with E-state index in [2.05, 4.69) is 4.74 Å². The third-order valence-corrected chi connectivity index (χ3v) is 4.67. The molecule has 10 radical (unpaired) electrons. The summed E-state index contributed by atoms with van der Waals surface area (Å²) in [5.74, 6) is 0.102. The van der Waals surface area contributed by atoms with Crippen LogP contribution >= 0.6 is 45.2 Å². The molecule has 0 atom stereocenters. The molecule has 0 bridgehead atoms. The molecule has 0 unspecified atom stereocenters. The second kappa shape index (κ2) is 12.6. The van der Waals surface area contributed by atoms with Gasteiger partial charge >= 0.3 is 29.0 Å². The van der Waals surface area contributed by atoms with E-state index in [1.165, 1.54) is 7.11 Å². The van der Waals surface area contributed by atoms with Crippen LogP contribution in [0.1, 0.15) is 10.4 Å². The van der Waals surface area contributed by atoms with Crippen molar-refractivity contribution in [2.24, 2.45) is 0 Å². The molecule has 1 aromatic rings. The number of hydrogen-bond donors (Lipinski definition) is 0. The number of benzene rings is 1. The van der Waals surface area contributed by atoms with Gasteiger partial charge in [-0.2, -0.15) is 0 Å². The number of ether oxygens (including phenoxy) is 2. The van der Waals surface area contributed by atoms with E-state index in [1.807, 2.05) is 77.3 Å². The summed E-state index contributed by atoms with van der Waals surface area (Å²) >= 11 is 4.05. The molecule has 1 aromatic carbocycles. The van der Waals surface area contributed by atoms with Crippen molar-refractivity contribution in [3.8, 4) is 5.75 Å². The molecule has 3 rings (SSSR count). The molecule has 0 aromatic heterocycles. The minimum absolute atomic E-state index is 0. The molecule has 2 fully saturated rings. The Balaban J connectivity index is 0.000000486. The third kappa shape index (κ3) is 7.28. The van der Waals surface area contributed by atoms with E-state index in [-0.39, 0.29) is 17.1 Å². The summed E-state index contributed by atoms with van der Waals surface area (Å²) in [6.45, 7) is 0. The third-order valence-electron chi connectivity index (χ3n) is 3.07. The molecule has 4 nitrogen and oxygen atoms in total. The van der Waals surface area contributed by atoms with Gasteiger partial charge in [0.15, 0.2) is 5.75 Å². The molecule has 134 valence electrons. The molecule has 0 aliphatic heterocycles. The molecule has 0 heterocycles. The van der Waals surface area contributed by atoms with Gasteiger partial charge in [-0.15, -0.1) is 0 Å². The number of carbonyl (C=O) groups excluding carboxylic acids is 2. The van der Waals surface area contributed by atoms with Crippen LogP contribution in [0.25, 0.3) is 0 Å². The summed E-state index contributed by atoms with van der Waals surface area (Å²) in [6, 6.07) is 3.25. The zero-order valence-electron chi connectivity index (χ0n) is 13.6. The van der Waals surface area contributed by atoms with Gasteiger partial charge in [0.1, 0.15) is 0 Å². The van der Waals surface area contributed by atoms with E-state index >= 15 is 0 Å². The largest absolute Gasteiger partial charge is 2.00 e. The van der Waals surface area contributed by atoms with Crippen LogP contribution in [0.3, 0.4) is 0 Å². The maximum Gasteiger partial charge on any atom is 2.00 e. The average Bonchev–Trinajstić information content (AvgIpc) is 3.32. The average molecular weight is 616 g/mol. The normalized spacial score (nSPS) is 16.3. The van der Waals surface area contributed by atoms with Crippen molar-refractivity contribution >= 4 is 57.1 Å². The summed E-state index contributed by atoms with van der Waals surface area (Å²) < 4.78 is 11.4. The second-order valence-corrected chi connectivity index (χ2v) is 7.11. The number of esters is 2. The van der Waals surface area contributed by atoms with E-state index in [1.54, 1.807) is 37.8 Å². The Hall–Kier alpha value is 0.139. The SMILES string of the molecule is COC(=O)c1cc(I)c(OC(=O)[C]2[CH][CH][CH][CH]2)c(I)c1.[CH]1[CH][CH][CH][CH]1.[Fe+2]. The number of rotatable bonds is 3. The fraction of sp³-hybridized carbons (Fsp3) is 0.0526. The first-order valence-electron chi connectivity index (χ1n) is 7.21. The minimum atomic E-state index is -0.422. The molecule has 0 amide bonds. The van der Waals surface area contributed by atoms with Crippen molar-refractivity contribution < 1.29 is 36.1 Å². The quantitative estimate of drug-likeness (QED) is 0.223. The van der Waals surface area contributed by atoms with Crippen molar-refractivity contribution in [2.75, 3.05) is 7.11 Å². The standard InChI is InChI=1S/C14H9I2O4.C5H5.Fe/c1-19-13(17)9-6-10(15)12(11(16)7-9)20-14(18)8-4-2-3-5-8;1-2-4-5-3-1;/h2-7H,1H3;1-5H;/q;;+2. The van der Waals surface area contributed by atoms with E-state index in [9.17, 15) is 9.59 Å². The first kappa shape index (κ1) is 24.2. The number of carbonyl (C=O) groups is 2. The van der Waals surface area contributed by atoms with Crippen molar-refractivity contribution in [3.63, 3.8) is 0 Å². The molecular formula is C19H14FeI2O4+2. The molecule has 2 saturated carbocycles. The second-order valence-electron chi connectivity index (χ2n) is 4.79. The first-order valence-corrected chi connectivity index (χ1v) is 9.36. The minimum Gasteiger partial charge on any atom is -0.465 e. The van der Waals surface area contributed by atoms with Gasteiger partial charge in [0.25, 0.3) is 0 Å². The van der Waals surface area contributed by atoms with Gasteiger partial charge in [0.2, 0.25) is 0 Å². The van der Waals surface area contributed by atoms with Crippen LogP contribution < -0.4 is 4.74 Å². The monoisotopic (exact) mass is 616 g/mol.